The number of hydrogen-bond acceptors (Lipinski definition) is 5. The number of aliphatic hydroxyl groups is 2. The van der Waals surface area contributed by atoms with Crippen LogP contribution in [0.5, 0.6) is 0 Å². The van der Waals surface area contributed by atoms with Crippen molar-refractivity contribution in [1.82, 2.24) is 19.5 Å². The molecule has 0 amide bonds. The lowest BCUT2D eigenvalue weighted by Crippen LogP contribution is -2.20. The summed E-state index contributed by atoms with van der Waals surface area (Å²) < 4.78 is 2.15. The molecule has 0 aliphatic carbocycles. The molecule has 3 heterocycles. The van der Waals surface area contributed by atoms with Gasteiger partial charge in [0.05, 0.1) is 24.8 Å². The van der Waals surface area contributed by atoms with Crippen LogP contribution in [0, 0.1) is 4.77 Å². The van der Waals surface area contributed by atoms with Gasteiger partial charge in [0, 0.05) is 24.2 Å². The maximum atomic E-state index is 9.58. The Kier molecular flexibility index (Phi) is 3.78. The Hall–Kier alpha value is -2.09. The van der Waals surface area contributed by atoms with Gasteiger partial charge >= 0.3 is 0 Å². The quantitative estimate of drug-likeness (QED) is 0.636. The predicted octanol–water partition coefficient (Wildman–Crippen LogP) is 1.51. The second kappa shape index (κ2) is 5.72. The van der Waals surface area contributed by atoms with Crippen LogP contribution in [-0.4, -0.2) is 42.4 Å². The van der Waals surface area contributed by atoms with Gasteiger partial charge in [-0.05, 0) is 36.0 Å². The molecule has 108 valence electrons. The van der Waals surface area contributed by atoms with Crippen molar-refractivity contribution < 1.29 is 10.2 Å². The molecule has 1 unspecified atom stereocenters. The first-order chi connectivity index (χ1) is 10.2. The van der Waals surface area contributed by atoms with Crippen molar-refractivity contribution >= 4 is 23.4 Å². The number of H-pyrrole nitrogens is 1. The first kappa shape index (κ1) is 13.9. The van der Waals surface area contributed by atoms with Gasteiger partial charge in [-0.2, -0.15) is 0 Å². The fourth-order valence-corrected chi connectivity index (χ4v) is 2.45. The first-order valence-corrected chi connectivity index (χ1v) is 6.87. The fraction of sp³-hybridized carbons (Fsp3) is 0.214. The number of aromatic amines is 1. The van der Waals surface area contributed by atoms with Gasteiger partial charge < -0.3 is 15.2 Å². The van der Waals surface area contributed by atoms with Crippen LogP contribution < -0.4 is 0 Å². The number of pyridine rings is 2. The van der Waals surface area contributed by atoms with E-state index in [0.29, 0.717) is 10.4 Å². The highest BCUT2D eigenvalue weighted by atomic mass is 32.1. The number of hydrogen-bond donors (Lipinski definition) is 3. The Balaban J connectivity index is 2.07. The Labute approximate surface area is 125 Å². The average molecular weight is 302 g/mol. The van der Waals surface area contributed by atoms with E-state index in [1.165, 1.54) is 0 Å². The van der Waals surface area contributed by atoms with Crippen LogP contribution in [0.25, 0.3) is 22.3 Å². The van der Waals surface area contributed by atoms with Crippen molar-refractivity contribution in [2.75, 3.05) is 6.61 Å². The molecule has 0 aliphatic heterocycles. The molecule has 0 bridgehead atoms. The van der Waals surface area contributed by atoms with Gasteiger partial charge in [-0.1, -0.05) is 0 Å². The zero-order valence-corrected chi connectivity index (χ0v) is 11.9. The Bertz CT molecular complexity index is 813. The summed E-state index contributed by atoms with van der Waals surface area (Å²) in [6.07, 6.45) is 4.34. The average Bonchev–Trinajstić information content (AvgIpc) is 2.83. The minimum absolute atomic E-state index is 0.205. The Morgan fingerprint density at radius 1 is 1.29 bits per heavy atom. The van der Waals surface area contributed by atoms with Crippen molar-refractivity contribution in [3.05, 3.63) is 41.6 Å². The van der Waals surface area contributed by atoms with E-state index in [-0.39, 0.29) is 13.2 Å². The van der Waals surface area contributed by atoms with Gasteiger partial charge in [0.2, 0.25) is 0 Å². The minimum atomic E-state index is -0.864. The third kappa shape index (κ3) is 2.71. The number of aliphatic hydroxyl groups excluding tert-OH is 2. The lowest BCUT2D eigenvalue weighted by atomic mass is 10.1. The van der Waals surface area contributed by atoms with Gasteiger partial charge in [-0.3, -0.25) is 9.55 Å². The summed E-state index contributed by atoms with van der Waals surface area (Å²) in [5, 5.41) is 18.5. The van der Waals surface area contributed by atoms with Gasteiger partial charge in [0.15, 0.2) is 10.4 Å². The molecular formula is C14H14N4O2S. The maximum Gasteiger partial charge on any atom is 0.179 e. The molecule has 6 nitrogen and oxygen atoms in total. The summed E-state index contributed by atoms with van der Waals surface area (Å²) in [5.41, 5.74) is 3.42. The molecule has 3 aromatic rings. The molecule has 0 aliphatic rings. The highest BCUT2D eigenvalue weighted by molar-refractivity contribution is 7.71. The molecular weight excluding hydrogens is 288 g/mol. The van der Waals surface area contributed by atoms with Gasteiger partial charge in [-0.25, -0.2) is 4.98 Å². The molecule has 0 radical (unpaired) electrons. The molecule has 0 saturated heterocycles. The Morgan fingerprint density at radius 2 is 2.05 bits per heavy atom. The molecule has 3 N–H and O–H groups in total. The number of imidazole rings is 1. The predicted molar refractivity (Wildman–Crippen MR) is 81.2 cm³/mol. The van der Waals surface area contributed by atoms with Gasteiger partial charge in [0.25, 0.3) is 0 Å². The van der Waals surface area contributed by atoms with E-state index in [0.717, 1.165) is 16.6 Å². The van der Waals surface area contributed by atoms with Crippen LogP contribution in [0.2, 0.25) is 0 Å². The number of aromatic nitrogens is 4. The molecule has 0 fully saturated rings. The van der Waals surface area contributed by atoms with Crippen LogP contribution in [0.4, 0.5) is 0 Å². The van der Waals surface area contributed by atoms with Crippen LogP contribution in [-0.2, 0) is 6.54 Å². The van der Waals surface area contributed by atoms with Crippen LogP contribution >= 0.6 is 12.2 Å². The van der Waals surface area contributed by atoms with E-state index in [9.17, 15) is 5.11 Å². The number of fused-ring (bicyclic) bond motifs is 1. The standard InChI is InChI=1S/C14H14N4O2S/c19-8-11(20)7-18-13-12(17-14(18)21)5-10(6-16-13)9-1-3-15-4-2-9/h1-6,11,19-20H,7-8H2,(H,17,21). The van der Waals surface area contributed by atoms with E-state index in [4.69, 9.17) is 17.3 Å². The summed E-state index contributed by atoms with van der Waals surface area (Å²) in [6, 6.07) is 5.77. The smallest absolute Gasteiger partial charge is 0.179 e. The maximum absolute atomic E-state index is 9.58. The zero-order chi connectivity index (χ0) is 14.8. The summed E-state index contributed by atoms with van der Waals surface area (Å²) in [4.78, 5) is 11.5. The van der Waals surface area contributed by atoms with Gasteiger partial charge in [-0.15, -0.1) is 0 Å². The lowest BCUT2D eigenvalue weighted by Gasteiger charge is -2.08. The molecule has 0 aromatic carbocycles. The Morgan fingerprint density at radius 3 is 2.76 bits per heavy atom. The first-order valence-electron chi connectivity index (χ1n) is 6.47. The summed E-state index contributed by atoms with van der Waals surface area (Å²) >= 11 is 5.24. The van der Waals surface area contributed by atoms with Crippen molar-refractivity contribution in [2.24, 2.45) is 0 Å². The second-order valence-electron chi connectivity index (χ2n) is 4.71. The molecule has 3 aromatic heterocycles. The van der Waals surface area contributed by atoms with E-state index >= 15 is 0 Å². The SMILES string of the molecule is OCC(O)Cn1c(=S)[nH]c2cc(-c3ccncc3)cnc21. The van der Waals surface area contributed by atoms with Crippen molar-refractivity contribution in [2.45, 2.75) is 12.6 Å². The molecule has 7 heteroatoms. The fourth-order valence-electron chi connectivity index (χ4n) is 2.18. The van der Waals surface area contributed by atoms with Crippen LogP contribution in [0.15, 0.2) is 36.8 Å². The lowest BCUT2D eigenvalue weighted by molar-refractivity contribution is 0.0817. The summed E-state index contributed by atoms with van der Waals surface area (Å²) in [7, 11) is 0. The molecule has 21 heavy (non-hydrogen) atoms. The summed E-state index contributed by atoms with van der Waals surface area (Å²) in [6.45, 7) is -0.111. The third-order valence-corrected chi connectivity index (χ3v) is 3.55. The van der Waals surface area contributed by atoms with Crippen molar-refractivity contribution in [3.63, 3.8) is 0 Å². The van der Waals surface area contributed by atoms with E-state index < -0.39 is 6.10 Å². The molecule has 0 saturated carbocycles. The van der Waals surface area contributed by atoms with Gasteiger partial charge in [0.1, 0.15) is 0 Å². The van der Waals surface area contributed by atoms with E-state index in [2.05, 4.69) is 15.0 Å². The van der Waals surface area contributed by atoms with Crippen molar-refractivity contribution in [3.8, 4) is 11.1 Å². The number of nitrogens with one attached hydrogen (secondary N) is 1. The normalized spacial score (nSPS) is 12.7. The largest absolute Gasteiger partial charge is 0.394 e. The number of rotatable bonds is 4. The highest BCUT2D eigenvalue weighted by Crippen LogP contribution is 2.22. The molecule has 0 spiro atoms. The number of nitrogens with zero attached hydrogens (tertiary/aromatic N) is 3. The van der Waals surface area contributed by atoms with E-state index in [1.54, 1.807) is 23.2 Å². The second-order valence-corrected chi connectivity index (χ2v) is 5.09. The monoisotopic (exact) mass is 302 g/mol. The summed E-state index contributed by atoms with van der Waals surface area (Å²) in [5.74, 6) is 0. The highest BCUT2D eigenvalue weighted by Gasteiger charge is 2.11. The molecule has 1 atom stereocenters. The van der Waals surface area contributed by atoms with Crippen molar-refractivity contribution in [1.29, 1.82) is 0 Å². The minimum Gasteiger partial charge on any atom is -0.394 e. The van der Waals surface area contributed by atoms with Crippen LogP contribution in [0.1, 0.15) is 0 Å². The third-order valence-electron chi connectivity index (χ3n) is 3.23. The molecule has 3 rings (SSSR count). The zero-order valence-electron chi connectivity index (χ0n) is 11.1. The van der Waals surface area contributed by atoms with E-state index in [1.807, 2.05) is 18.2 Å². The van der Waals surface area contributed by atoms with Crippen LogP contribution in [0.3, 0.4) is 0 Å². The topological polar surface area (TPSA) is 87.0 Å².